The third-order valence-corrected chi connectivity index (χ3v) is 16.8. The number of amides is 1. The number of hydrogen-bond acceptors (Lipinski definition) is 5. The zero-order valence-electron chi connectivity index (χ0n) is 37.1. The molecule has 59 heavy (non-hydrogen) atoms. The third-order valence-electron chi connectivity index (χ3n) is 16.8. The van der Waals surface area contributed by atoms with Gasteiger partial charge < -0.3 is 24.5 Å². The number of methoxy groups -OCH3 is 1. The second-order valence-corrected chi connectivity index (χ2v) is 20.9. The van der Waals surface area contributed by atoms with Crippen LogP contribution in [-0.4, -0.2) is 71.6 Å². The van der Waals surface area contributed by atoms with E-state index in [0.29, 0.717) is 28.2 Å². The first kappa shape index (κ1) is 41.0. The van der Waals surface area contributed by atoms with Gasteiger partial charge in [-0.15, -0.1) is 0 Å². The van der Waals surface area contributed by atoms with Crippen LogP contribution in [0.4, 0.5) is 0 Å². The molecule has 6 aliphatic carbocycles. The Kier molecular flexibility index (Phi) is 11.9. The number of hydrogen-bond donors (Lipinski definition) is 2. The Bertz CT molecular complexity index is 2050. The summed E-state index contributed by atoms with van der Waals surface area (Å²) in [5.74, 6) is 6.68. The van der Waals surface area contributed by atoms with Crippen LogP contribution in [0.3, 0.4) is 0 Å². The van der Waals surface area contributed by atoms with E-state index in [1.165, 1.54) is 116 Å². The van der Waals surface area contributed by atoms with Crippen molar-refractivity contribution in [3.8, 4) is 5.75 Å². The fraction of sp³-hybridized carbons (Fsp3) is 0.686. The summed E-state index contributed by atoms with van der Waals surface area (Å²) in [5.41, 5.74) is 7.95. The lowest BCUT2D eigenvalue weighted by molar-refractivity contribution is -0.0610. The van der Waals surface area contributed by atoms with Gasteiger partial charge in [-0.3, -0.25) is 14.5 Å². The van der Waals surface area contributed by atoms with Crippen LogP contribution >= 0.6 is 0 Å². The maximum absolute atomic E-state index is 13.8. The molecule has 8 nitrogen and oxygen atoms in total. The number of fused-ring (bicyclic) bond motifs is 3. The summed E-state index contributed by atoms with van der Waals surface area (Å²) in [4.78, 5) is 35.2. The van der Waals surface area contributed by atoms with E-state index >= 15 is 0 Å². The Morgan fingerprint density at radius 1 is 0.932 bits per heavy atom. The summed E-state index contributed by atoms with van der Waals surface area (Å²) >= 11 is 0. The summed E-state index contributed by atoms with van der Waals surface area (Å²) in [7, 11) is 1.56. The van der Waals surface area contributed by atoms with E-state index in [1.807, 2.05) is 18.6 Å². The van der Waals surface area contributed by atoms with Crippen molar-refractivity contribution in [2.45, 2.75) is 131 Å². The van der Waals surface area contributed by atoms with Gasteiger partial charge in [-0.25, -0.2) is 0 Å². The second-order valence-electron chi connectivity index (χ2n) is 20.9. The Hall–Kier alpha value is -3.36. The summed E-state index contributed by atoms with van der Waals surface area (Å²) < 4.78 is 7.87. The molecule has 1 amide bonds. The van der Waals surface area contributed by atoms with Gasteiger partial charge in [-0.1, -0.05) is 42.7 Å². The molecule has 2 N–H and O–H groups in total. The van der Waals surface area contributed by atoms with E-state index in [1.54, 1.807) is 18.7 Å². The van der Waals surface area contributed by atoms with Crippen molar-refractivity contribution in [2.75, 3.05) is 46.4 Å². The SMILES string of the molecule is CCC1CC2CC(C)=C(CN(CCN3CCC(Cn4c(C)c(C(=O)NCc5c(OC)cc(C)[nH]c5=O)c5ccccc54)CC3)CCC34CC5CC(CC(C5)C3)C4)C(C1)C2. The maximum atomic E-state index is 13.8. The molecule has 1 saturated heterocycles. The van der Waals surface area contributed by atoms with Gasteiger partial charge in [0.25, 0.3) is 11.5 Å². The minimum absolute atomic E-state index is 0.103. The highest BCUT2D eigenvalue weighted by molar-refractivity contribution is 6.08. The van der Waals surface area contributed by atoms with E-state index in [4.69, 9.17) is 4.74 Å². The molecule has 6 fully saturated rings. The molecule has 3 atom stereocenters. The number of benzene rings is 1. The highest BCUT2D eigenvalue weighted by Gasteiger charge is 2.50. The highest BCUT2D eigenvalue weighted by Crippen LogP contribution is 2.61. The van der Waals surface area contributed by atoms with Gasteiger partial charge in [0.1, 0.15) is 5.75 Å². The summed E-state index contributed by atoms with van der Waals surface area (Å²) in [6.45, 7) is 17.0. The fourth-order valence-electron chi connectivity index (χ4n) is 14.2. The van der Waals surface area contributed by atoms with E-state index < -0.39 is 0 Å². The highest BCUT2D eigenvalue weighted by atomic mass is 16.5. The molecule has 6 bridgehead atoms. The van der Waals surface area contributed by atoms with Gasteiger partial charge in [0, 0.05) is 48.5 Å². The van der Waals surface area contributed by atoms with Crippen molar-refractivity contribution in [1.82, 2.24) is 24.7 Å². The number of carbonyl (C=O) groups excluding carboxylic acids is 1. The largest absolute Gasteiger partial charge is 0.496 e. The molecule has 1 aliphatic heterocycles. The maximum Gasteiger partial charge on any atom is 0.256 e. The first-order chi connectivity index (χ1) is 28.6. The van der Waals surface area contributed by atoms with Crippen LogP contribution < -0.4 is 15.6 Å². The number of aromatic amines is 1. The van der Waals surface area contributed by atoms with Crippen LogP contribution in [0.1, 0.15) is 131 Å². The van der Waals surface area contributed by atoms with Gasteiger partial charge in [0.2, 0.25) is 0 Å². The molecule has 320 valence electrons. The molecule has 0 radical (unpaired) electrons. The molecule has 7 aliphatic rings. The normalized spacial score (nSPS) is 29.5. The van der Waals surface area contributed by atoms with E-state index in [2.05, 4.69) is 63.6 Å². The Morgan fingerprint density at radius 2 is 1.66 bits per heavy atom. The van der Waals surface area contributed by atoms with Crippen LogP contribution in [-0.2, 0) is 13.1 Å². The van der Waals surface area contributed by atoms with Crippen molar-refractivity contribution in [3.05, 3.63) is 74.3 Å². The number of pyridine rings is 1. The number of aryl methyl sites for hydroxylation is 1. The Morgan fingerprint density at radius 3 is 2.37 bits per heavy atom. The number of ether oxygens (including phenoxy) is 1. The minimum atomic E-state index is -0.234. The van der Waals surface area contributed by atoms with Crippen LogP contribution in [0.2, 0.25) is 0 Å². The Balaban J connectivity index is 0.842. The van der Waals surface area contributed by atoms with Crippen molar-refractivity contribution in [1.29, 1.82) is 0 Å². The molecule has 5 saturated carbocycles. The monoisotopic (exact) mass is 804 g/mol. The number of carbonyl (C=O) groups is 1. The third kappa shape index (κ3) is 8.61. The lowest BCUT2D eigenvalue weighted by Crippen LogP contribution is -2.48. The van der Waals surface area contributed by atoms with Crippen LogP contribution in [0, 0.1) is 60.7 Å². The molecule has 3 aromatic rings. The molecule has 10 rings (SSSR count). The van der Waals surface area contributed by atoms with E-state index in [-0.39, 0.29) is 18.0 Å². The number of para-hydroxylation sites is 1. The van der Waals surface area contributed by atoms with Crippen LogP contribution in [0.15, 0.2) is 46.3 Å². The van der Waals surface area contributed by atoms with Gasteiger partial charge in [0.15, 0.2) is 0 Å². The molecule has 8 heteroatoms. The average molecular weight is 804 g/mol. The lowest BCUT2D eigenvalue weighted by atomic mass is 9.49. The lowest BCUT2D eigenvalue weighted by Gasteiger charge is -2.57. The first-order valence-corrected chi connectivity index (χ1v) is 23.8. The predicted octanol–water partition coefficient (Wildman–Crippen LogP) is 9.67. The van der Waals surface area contributed by atoms with Gasteiger partial charge in [-0.05, 0) is 183 Å². The summed E-state index contributed by atoms with van der Waals surface area (Å²) in [6.07, 6.45) is 20.0. The van der Waals surface area contributed by atoms with Crippen LogP contribution in [0.25, 0.3) is 10.9 Å². The zero-order chi connectivity index (χ0) is 40.8. The molecule has 3 unspecified atom stereocenters. The van der Waals surface area contributed by atoms with Crippen molar-refractivity contribution in [2.24, 2.45) is 46.8 Å². The fourth-order valence-corrected chi connectivity index (χ4v) is 14.2. The molecular weight excluding hydrogens is 731 g/mol. The van der Waals surface area contributed by atoms with Crippen LogP contribution in [0.5, 0.6) is 5.75 Å². The average Bonchev–Trinajstić information content (AvgIpc) is 3.49. The van der Waals surface area contributed by atoms with Crippen molar-refractivity contribution < 1.29 is 9.53 Å². The smallest absolute Gasteiger partial charge is 0.256 e. The first-order valence-electron chi connectivity index (χ1n) is 23.8. The summed E-state index contributed by atoms with van der Waals surface area (Å²) in [6, 6.07) is 10.1. The predicted molar refractivity (Wildman–Crippen MR) is 239 cm³/mol. The number of rotatable bonds is 15. The van der Waals surface area contributed by atoms with E-state index in [0.717, 1.165) is 77.4 Å². The summed E-state index contributed by atoms with van der Waals surface area (Å²) in [5, 5.41) is 4.02. The number of nitrogens with one attached hydrogen (secondary N) is 2. The Labute approximate surface area is 353 Å². The number of likely N-dealkylation sites (tertiary alicyclic amines) is 1. The van der Waals surface area contributed by atoms with E-state index in [9.17, 15) is 9.59 Å². The number of nitrogens with zero attached hydrogens (tertiary/aromatic N) is 3. The molecular formula is C51H73N5O3. The quantitative estimate of drug-likeness (QED) is 0.150. The molecule has 3 heterocycles. The van der Waals surface area contributed by atoms with Crippen molar-refractivity contribution in [3.63, 3.8) is 0 Å². The second kappa shape index (κ2) is 17.2. The minimum Gasteiger partial charge on any atom is -0.496 e. The van der Waals surface area contributed by atoms with Crippen molar-refractivity contribution >= 4 is 16.8 Å². The number of piperidine rings is 1. The molecule has 1 aromatic carbocycles. The molecule has 2 aromatic heterocycles. The van der Waals surface area contributed by atoms with Gasteiger partial charge in [0.05, 0.1) is 24.8 Å². The topological polar surface area (TPSA) is 82.6 Å². The standard InChI is InChI=1S/C51H73N5O3/c1-6-36-21-38-19-33(2)45(42(25-36)26-38)32-55(16-13-51-27-39-22-40(28-51)24-41(23-39)29-51)18-17-54-14-11-37(12-15-54)31-56-35(4)48(43-9-7-8-10-46(43)56)50(58)52-30-44-47(59-5)20-34(3)53-49(44)57/h7-10,20,36-42H,6,11-19,21-32H2,1-5H3,(H,52,58)(H,53,57). The number of aromatic nitrogens is 2. The molecule has 0 spiro atoms. The van der Waals surface area contributed by atoms with Gasteiger partial charge in [-0.2, -0.15) is 0 Å². The zero-order valence-corrected chi connectivity index (χ0v) is 37.1. The number of H-pyrrole nitrogens is 1. The number of allylic oxidation sites excluding steroid dienone is 1. The van der Waals surface area contributed by atoms with Gasteiger partial charge >= 0.3 is 0 Å².